The lowest BCUT2D eigenvalue weighted by Crippen LogP contribution is -2.33. The van der Waals surface area contributed by atoms with E-state index in [1.807, 2.05) is 0 Å². The number of fused-ring (bicyclic) bond motifs is 1. The highest BCUT2D eigenvalue weighted by Gasteiger charge is 2.53. The van der Waals surface area contributed by atoms with Gasteiger partial charge in [-0.2, -0.15) is 0 Å². The predicted octanol–water partition coefficient (Wildman–Crippen LogP) is 4.35. The second kappa shape index (κ2) is 3.25. The quantitative estimate of drug-likeness (QED) is 0.613. The van der Waals surface area contributed by atoms with E-state index >= 15 is 0 Å². The van der Waals surface area contributed by atoms with Crippen LogP contribution in [0.4, 0.5) is 0 Å². The first-order valence-corrected chi connectivity index (χ1v) is 6.43. The third kappa shape index (κ3) is 1.42. The Balaban J connectivity index is 2.09. The maximum absolute atomic E-state index is 2.50. The molecule has 0 radical (unpaired) electrons. The Hall–Kier alpha value is 0. The predicted molar refractivity (Wildman–Crippen MR) is 62.1 cm³/mol. The van der Waals surface area contributed by atoms with E-state index in [0.717, 1.165) is 29.6 Å². The van der Waals surface area contributed by atoms with Crippen LogP contribution in [0.2, 0.25) is 0 Å². The lowest BCUT2D eigenvalue weighted by atomic mass is 9.64. The topological polar surface area (TPSA) is 0 Å². The number of rotatable bonds is 2. The zero-order valence-electron chi connectivity index (χ0n) is 10.5. The van der Waals surface area contributed by atoms with Gasteiger partial charge in [0.25, 0.3) is 0 Å². The summed E-state index contributed by atoms with van der Waals surface area (Å²) in [6, 6.07) is 0. The van der Waals surface area contributed by atoms with Crippen molar-refractivity contribution in [1.82, 2.24) is 0 Å². The van der Waals surface area contributed by atoms with Gasteiger partial charge in [-0.05, 0) is 54.3 Å². The molecule has 82 valence electrons. The molecule has 2 fully saturated rings. The van der Waals surface area contributed by atoms with Crippen LogP contribution in [0.15, 0.2) is 0 Å². The standard InChI is InChI=1S/C14H26/c1-9(2)10(3)12-8-14(4,5)13-7-6-11(12)13/h9-13H,6-8H2,1-5H3. The van der Waals surface area contributed by atoms with Gasteiger partial charge in [-0.1, -0.05) is 34.6 Å². The molecular formula is C14H26. The van der Waals surface area contributed by atoms with Crippen LogP contribution >= 0.6 is 0 Å². The summed E-state index contributed by atoms with van der Waals surface area (Å²) < 4.78 is 0. The summed E-state index contributed by atoms with van der Waals surface area (Å²) in [6.45, 7) is 12.3. The van der Waals surface area contributed by atoms with Crippen molar-refractivity contribution in [3.05, 3.63) is 0 Å². The fourth-order valence-corrected chi connectivity index (χ4v) is 3.99. The maximum Gasteiger partial charge on any atom is -0.0320 e. The SMILES string of the molecule is CC(C)C(C)C1CC(C)(C)C2CCC12. The van der Waals surface area contributed by atoms with Gasteiger partial charge in [0.15, 0.2) is 0 Å². The lowest BCUT2D eigenvalue weighted by Gasteiger charge is -2.41. The molecule has 2 rings (SSSR count). The highest BCUT2D eigenvalue weighted by atomic mass is 14.6. The van der Waals surface area contributed by atoms with Gasteiger partial charge in [-0.15, -0.1) is 0 Å². The van der Waals surface area contributed by atoms with Gasteiger partial charge >= 0.3 is 0 Å². The van der Waals surface area contributed by atoms with Crippen molar-refractivity contribution in [2.24, 2.45) is 35.0 Å². The Morgan fingerprint density at radius 2 is 1.71 bits per heavy atom. The second-order valence-electron chi connectivity index (χ2n) is 6.81. The van der Waals surface area contributed by atoms with Crippen molar-refractivity contribution < 1.29 is 0 Å². The lowest BCUT2D eigenvalue weighted by molar-refractivity contribution is 0.0837. The molecule has 0 nitrogen and oxygen atoms in total. The molecule has 0 spiro atoms. The zero-order chi connectivity index (χ0) is 10.5. The molecular weight excluding hydrogens is 168 g/mol. The van der Waals surface area contributed by atoms with Gasteiger partial charge in [0.05, 0.1) is 0 Å². The molecule has 4 atom stereocenters. The van der Waals surface area contributed by atoms with Crippen LogP contribution in [0.25, 0.3) is 0 Å². The van der Waals surface area contributed by atoms with E-state index in [1.54, 1.807) is 0 Å². The van der Waals surface area contributed by atoms with Crippen molar-refractivity contribution in [3.8, 4) is 0 Å². The summed E-state index contributed by atoms with van der Waals surface area (Å²) in [5, 5.41) is 0. The van der Waals surface area contributed by atoms with Crippen LogP contribution < -0.4 is 0 Å². The van der Waals surface area contributed by atoms with E-state index in [9.17, 15) is 0 Å². The second-order valence-corrected chi connectivity index (χ2v) is 6.81. The molecule has 0 N–H and O–H groups in total. The molecule has 2 aliphatic rings. The van der Waals surface area contributed by atoms with Crippen molar-refractivity contribution >= 4 is 0 Å². The summed E-state index contributed by atoms with van der Waals surface area (Å²) in [5.74, 6) is 4.99. The molecule has 0 aliphatic heterocycles. The van der Waals surface area contributed by atoms with Crippen LogP contribution in [0.5, 0.6) is 0 Å². The van der Waals surface area contributed by atoms with Gasteiger partial charge in [0.1, 0.15) is 0 Å². The van der Waals surface area contributed by atoms with E-state index in [-0.39, 0.29) is 0 Å². The van der Waals surface area contributed by atoms with Crippen molar-refractivity contribution in [2.45, 2.75) is 53.9 Å². The molecule has 14 heavy (non-hydrogen) atoms. The fraction of sp³-hybridized carbons (Fsp3) is 1.00. The third-order valence-corrected chi connectivity index (χ3v) is 5.37. The summed E-state index contributed by atoms with van der Waals surface area (Å²) in [7, 11) is 0. The van der Waals surface area contributed by atoms with E-state index in [4.69, 9.17) is 0 Å². The Bertz CT molecular complexity index is 214. The van der Waals surface area contributed by atoms with Crippen molar-refractivity contribution in [2.75, 3.05) is 0 Å². The Kier molecular flexibility index (Phi) is 2.44. The monoisotopic (exact) mass is 194 g/mol. The molecule has 0 amide bonds. The van der Waals surface area contributed by atoms with Crippen molar-refractivity contribution in [3.63, 3.8) is 0 Å². The highest BCUT2D eigenvalue weighted by molar-refractivity contribution is 5.03. The highest BCUT2D eigenvalue weighted by Crippen LogP contribution is 2.62. The largest absolute Gasteiger partial charge is 0.0625 e. The first kappa shape index (κ1) is 10.5. The molecule has 4 unspecified atom stereocenters. The summed E-state index contributed by atoms with van der Waals surface area (Å²) in [6.07, 6.45) is 4.52. The minimum absolute atomic E-state index is 0.650. The summed E-state index contributed by atoms with van der Waals surface area (Å²) in [5.41, 5.74) is 0.650. The minimum Gasteiger partial charge on any atom is -0.0625 e. The van der Waals surface area contributed by atoms with Crippen LogP contribution in [0, 0.1) is 35.0 Å². The summed E-state index contributed by atoms with van der Waals surface area (Å²) in [4.78, 5) is 0. The Morgan fingerprint density at radius 3 is 2.07 bits per heavy atom. The first-order chi connectivity index (χ1) is 6.43. The normalized spacial score (nSPS) is 42.0. The zero-order valence-corrected chi connectivity index (χ0v) is 10.5. The fourth-order valence-electron chi connectivity index (χ4n) is 3.99. The Morgan fingerprint density at radius 1 is 1.07 bits per heavy atom. The average molecular weight is 194 g/mol. The summed E-state index contributed by atoms with van der Waals surface area (Å²) >= 11 is 0. The Labute approximate surface area is 89.5 Å². The van der Waals surface area contributed by atoms with Gasteiger partial charge < -0.3 is 0 Å². The van der Waals surface area contributed by atoms with Crippen LogP contribution in [0.1, 0.15) is 53.9 Å². The van der Waals surface area contributed by atoms with E-state index in [1.165, 1.54) is 19.3 Å². The average Bonchev–Trinajstić information content (AvgIpc) is 2.14. The van der Waals surface area contributed by atoms with Crippen LogP contribution in [-0.4, -0.2) is 0 Å². The molecule has 2 saturated carbocycles. The van der Waals surface area contributed by atoms with Gasteiger partial charge in [-0.25, -0.2) is 0 Å². The molecule has 0 aromatic rings. The third-order valence-electron chi connectivity index (χ3n) is 5.37. The molecule has 0 aromatic carbocycles. The van der Waals surface area contributed by atoms with E-state index in [2.05, 4.69) is 34.6 Å². The van der Waals surface area contributed by atoms with Gasteiger partial charge in [0.2, 0.25) is 0 Å². The molecule has 0 aromatic heterocycles. The smallest absolute Gasteiger partial charge is 0.0320 e. The minimum atomic E-state index is 0.650. The van der Waals surface area contributed by atoms with Crippen LogP contribution in [0.3, 0.4) is 0 Å². The first-order valence-electron chi connectivity index (χ1n) is 6.43. The number of hydrogen-bond donors (Lipinski definition) is 0. The molecule has 2 aliphatic carbocycles. The molecule has 0 heteroatoms. The maximum atomic E-state index is 2.50. The molecule has 0 saturated heterocycles. The molecule has 0 heterocycles. The van der Waals surface area contributed by atoms with E-state index in [0.29, 0.717) is 5.41 Å². The van der Waals surface area contributed by atoms with Crippen LogP contribution in [-0.2, 0) is 0 Å². The number of hydrogen-bond acceptors (Lipinski definition) is 0. The van der Waals surface area contributed by atoms with Gasteiger partial charge in [-0.3, -0.25) is 0 Å². The van der Waals surface area contributed by atoms with Crippen molar-refractivity contribution in [1.29, 1.82) is 0 Å². The molecule has 0 bridgehead atoms. The van der Waals surface area contributed by atoms with E-state index < -0.39 is 0 Å². The van der Waals surface area contributed by atoms with Gasteiger partial charge in [0, 0.05) is 0 Å².